The maximum Gasteiger partial charge on any atom is 0.161 e. The number of nitrogens with one attached hydrogen (secondary N) is 1. The van der Waals surface area contributed by atoms with Crippen LogP contribution in [-0.2, 0) is 13.2 Å². The molecule has 0 spiro atoms. The van der Waals surface area contributed by atoms with E-state index in [1.807, 2.05) is 18.2 Å². The summed E-state index contributed by atoms with van der Waals surface area (Å²) in [6.45, 7) is 4.63. The molecule has 0 fully saturated rings. The van der Waals surface area contributed by atoms with Crippen LogP contribution in [0.25, 0.3) is 0 Å². The molecule has 3 nitrogen and oxygen atoms in total. The Morgan fingerprint density at radius 3 is 2.71 bits per heavy atom. The summed E-state index contributed by atoms with van der Waals surface area (Å²) in [7, 11) is 1.68. The molecule has 0 unspecified atom stereocenters. The molecule has 1 aromatic carbocycles. The standard InChI is InChI=1S/C16H21NO2S.ClH/c1-3-8-17-11-13-6-7-15(16(10-13)18-2)19-12-14-5-4-9-20-14;/h4-7,9-10,17H,3,8,11-12H2,1-2H3;1H. The monoisotopic (exact) mass is 327 g/mol. The van der Waals surface area contributed by atoms with Crippen LogP contribution in [-0.4, -0.2) is 13.7 Å². The summed E-state index contributed by atoms with van der Waals surface area (Å²) < 4.78 is 11.2. The third kappa shape index (κ3) is 5.58. The van der Waals surface area contributed by atoms with E-state index in [9.17, 15) is 0 Å². The van der Waals surface area contributed by atoms with Crippen LogP contribution in [0.5, 0.6) is 11.5 Å². The van der Waals surface area contributed by atoms with Crippen LogP contribution < -0.4 is 14.8 Å². The Kier molecular flexibility index (Phi) is 8.20. The maximum absolute atomic E-state index is 5.82. The van der Waals surface area contributed by atoms with E-state index in [1.165, 1.54) is 10.4 Å². The van der Waals surface area contributed by atoms with E-state index in [-0.39, 0.29) is 12.4 Å². The Balaban J connectivity index is 0.00000220. The molecule has 0 aliphatic heterocycles. The summed E-state index contributed by atoms with van der Waals surface area (Å²) in [4.78, 5) is 1.21. The molecule has 2 aromatic rings. The fraction of sp³-hybridized carbons (Fsp3) is 0.375. The Hall–Kier alpha value is -1.23. The molecule has 0 radical (unpaired) electrons. The molecule has 116 valence electrons. The van der Waals surface area contributed by atoms with Crippen molar-refractivity contribution in [3.05, 3.63) is 46.2 Å². The lowest BCUT2D eigenvalue weighted by molar-refractivity contribution is 0.287. The van der Waals surface area contributed by atoms with Crippen LogP contribution in [0.1, 0.15) is 23.8 Å². The predicted molar refractivity (Wildman–Crippen MR) is 90.9 cm³/mol. The van der Waals surface area contributed by atoms with Gasteiger partial charge in [-0.2, -0.15) is 0 Å². The molecule has 0 bridgehead atoms. The molecular weight excluding hydrogens is 306 g/mol. The predicted octanol–water partition coefficient (Wildman–Crippen LogP) is 4.26. The van der Waals surface area contributed by atoms with Crippen LogP contribution in [0.2, 0.25) is 0 Å². The van der Waals surface area contributed by atoms with Crippen molar-refractivity contribution in [1.29, 1.82) is 0 Å². The molecule has 0 aliphatic rings. The second kappa shape index (κ2) is 9.66. The SMILES string of the molecule is CCCNCc1ccc(OCc2cccs2)c(OC)c1.Cl. The maximum atomic E-state index is 5.82. The second-order valence-electron chi connectivity index (χ2n) is 4.53. The zero-order valence-corrected chi connectivity index (χ0v) is 14.1. The van der Waals surface area contributed by atoms with Crippen molar-refractivity contribution in [2.75, 3.05) is 13.7 Å². The Bertz CT molecular complexity index is 517. The van der Waals surface area contributed by atoms with Gasteiger partial charge < -0.3 is 14.8 Å². The van der Waals surface area contributed by atoms with Crippen molar-refractivity contribution >= 4 is 23.7 Å². The number of hydrogen-bond donors (Lipinski definition) is 1. The number of rotatable bonds is 8. The van der Waals surface area contributed by atoms with E-state index in [0.29, 0.717) is 6.61 Å². The molecule has 1 aromatic heterocycles. The Morgan fingerprint density at radius 2 is 2.05 bits per heavy atom. The molecule has 1 heterocycles. The van der Waals surface area contributed by atoms with Crippen LogP contribution in [0.15, 0.2) is 35.7 Å². The summed E-state index contributed by atoms with van der Waals surface area (Å²) in [6.07, 6.45) is 1.14. The molecule has 21 heavy (non-hydrogen) atoms. The number of thiophene rings is 1. The first-order valence-electron chi connectivity index (χ1n) is 6.86. The minimum Gasteiger partial charge on any atom is -0.493 e. The quantitative estimate of drug-likeness (QED) is 0.735. The van der Waals surface area contributed by atoms with E-state index < -0.39 is 0 Å². The van der Waals surface area contributed by atoms with E-state index in [1.54, 1.807) is 18.4 Å². The van der Waals surface area contributed by atoms with Gasteiger partial charge in [0.05, 0.1) is 7.11 Å². The van der Waals surface area contributed by atoms with Gasteiger partial charge in [0.2, 0.25) is 0 Å². The molecule has 0 saturated carbocycles. The summed E-state index contributed by atoms with van der Waals surface area (Å²) in [5, 5.41) is 5.44. The number of methoxy groups -OCH3 is 1. The van der Waals surface area contributed by atoms with Crippen LogP contribution in [0.3, 0.4) is 0 Å². The zero-order valence-electron chi connectivity index (χ0n) is 12.4. The highest BCUT2D eigenvalue weighted by molar-refractivity contribution is 7.09. The first kappa shape index (κ1) is 17.8. The molecule has 0 amide bonds. The van der Waals surface area contributed by atoms with Gasteiger partial charge in [-0.15, -0.1) is 23.7 Å². The number of hydrogen-bond acceptors (Lipinski definition) is 4. The normalized spacial score (nSPS) is 10.0. The lowest BCUT2D eigenvalue weighted by Gasteiger charge is -2.12. The summed E-state index contributed by atoms with van der Waals surface area (Å²) in [5.41, 5.74) is 1.21. The van der Waals surface area contributed by atoms with Crippen molar-refractivity contribution < 1.29 is 9.47 Å². The average molecular weight is 328 g/mol. The molecule has 0 atom stereocenters. The lowest BCUT2D eigenvalue weighted by atomic mass is 10.2. The minimum absolute atomic E-state index is 0. The number of benzene rings is 1. The summed E-state index contributed by atoms with van der Waals surface area (Å²) >= 11 is 1.70. The highest BCUT2D eigenvalue weighted by Crippen LogP contribution is 2.29. The number of halogens is 1. The molecule has 2 rings (SSSR count). The smallest absolute Gasteiger partial charge is 0.161 e. The van der Waals surface area contributed by atoms with Gasteiger partial charge in [-0.25, -0.2) is 0 Å². The molecule has 1 N–H and O–H groups in total. The third-order valence-electron chi connectivity index (χ3n) is 2.93. The average Bonchev–Trinajstić information content (AvgIpc) is 2.99. The Labute approximate surface area is 136 Å². The van der Waals surface area contributed by atoms with Gasteiger partial charge in [0, 0.05) is 11.4 Å². The van der Waals surface area contributed by atoms with Gasteiger partial charge >= 0.3 is 0 Å². The van der Waals surface area contributed by atoms with Crippen molar-refractivity contribution in [2.24, 2.45) is 0 Å². The van der Waals surface area contributed by atoms with Crippen LogP contribution >= 0.6 is 23.7 Å². The number of ether oxygens (including phenoxy) is 2. The van der Waals surface area contributed by atoms with Crippen molar-refractivity contribution in [1.82, 2.24) is 5.32 Å². The van der Waals surface area contributed by atoms with E-state index in [4.69, 9.17) is 9.47 Å². The minimum atomic E-state index is 0. The third-order valence-corrected chi connectivity index (χ3v) is 3.78. The van der Waals surface area contributed by atoms with Gasteiger partial charge in [-0.3, -0.25) is 0 Å². The lowest BCUT2D eigenvalue weighted by Crippen LogP contribution is -2.13. The van der Waals surface area contributed by atoms with E-state index in [0.717, 1.165) is 31.0 Å². The van der Waals surface area contributed by atoms with Gasteiger partial charge in [0.15, 0.2) is 11.5 Å². The van der Waals surface area contributed by atoms with Gasteiger partial charge in [0.1, 0.15) is 6.61 Å². The zero-order chi connectivity index (χ0) is 14.2. The first-order valence-corrected chi connectivity index (χ1v) is 7.74. The fourth-order valence-corrected chi connectivity index (χ4v) is 2.51. The van der Waals surface area contributed by atoms with E-state index in [2.05, 4.69) is 29.8 Å². The van der Waals surface area contributed by atoms with Gasteiger partial charge in [-0.1, -0.05) is 19.1 Å². The highest BCUT2D eigenvalue weighted by atomic mass is 35.5. The van der Waals surface area contributed by atoms with Crippen LogP contribution in [0.4, 0.5) is 0 Å². The van der Waals surface area contributed by atoms with E-state index >= 15 is 0 Å². The fourth-order valence-electron chi connectivity index (χ4n) is 1.89. The van der Waals surface area contributed by atoms with Gasteiger partial charge in [0.25, 0.3) is 0 Å². The molecule has 5 heteroatoms. The first-order chi connectivity index (χ1) is 9.83. The van der Waals surface area contributed by atoms with Gasteiger partial charge in [-0.05, 0) is 42.1 Å². The van der Waals surface area contributed by atoms with Crippen LogP contribution in [0, 0.1) is 0 Å². The Morgan fingerprint density at radius 1 is 1.19 bits per heavy atom. The largest absolute Gasteiger partial charge is 0.493 e. The van der Waals surface area contributed by atoms with Crippen molar-refractivity contribution in [3.8, 4) is 11.5 Å². The molecular formula is C16H22ClNO2S. The molecule has 0 aliphatic carbocycles. The highest BCUT2D eigenvalue weighted by Gasteiger charge is 2.06. The van der Waals surface area contributed by atoms with Crippen molar-refractivity contribution in [3.63, 3.8) is 0 Å². The topological polar surface area (TPSA) is 30.5 Å². The molecule has 0 saturated heterocycles. The summed E-state index contributed by atoms with van der Waals surface area (Å²) in [6, 6.07) is 10.2. The second-order valence-corrected chi connectivity index (χ2v) is 5.56. The van der Waals surface area contributed by atoms with Crippen molar-refractivity contribution in [2.45, 2.75) is 26.5 Å². The summed E-state index contributed by atoms with van der Waals surface area (Å²) in [5.74, 6) is 1.58.